The highest BCUT2D eigenvalue weighted by molar-refractivity contribution is 5.90. The largest absolute Gasteiger partial charge is 0.433 e. The first-order valence-electron chi connectivity index (χ1n) is 21.5. The van der Waals surface area contributed by atoms with Gasteiger partial charge in [-0.15, -0.1) is 0 Å². The molecule has 69 heavy (non-hydrogen) atoms. The molecule has 1 aromatic carbocycles. The molecule has 7 aromatic heterocycles. The van der Waals surface area contributed by atoms with Gasteiger partial charge in [-0.2, -0.15) is 23.4 Å². The van der Waals surface area contributed by atoms with Crippen molar-refractivity contribution in [2.24, 2.45) is 14.1 Å². The molecule has 2 aliphatic heterocycles. The van der Waals surface area contributed by atoms with Gasteiger partial charge in [-0.3, -0.25) is 33.1 Å². The van der Waals surface area contributed by atoms with Crippen molar-refractivity contribution in [1.82, 2.24) is 63.6 Å². The van der Waals surface area contributed by atoms with Gasteiger partial charge in [0.05, 0.1) is 45.2 Å². The molecule has 9 heterocycles. The zero-order valence-electron chi connectivity index (χ0n) is 37.1. The summed E-state index contributed by atoms with van der Waals surface area (Å²) in [6, 6.07) is 3.14. The van der Waals surface area contributed by atoms with Crippen molar-refractivity contribution < 1.29 is 35.8 Å². The quantitative estimate of drug-likeness (QED) is 0.141. The van der Waals surface area contributed by atoms with Crippen molar-refractivity contribution in [2.45, 2.75) is 45.3 Å². The molecule has 0 saturated carbocycles. The minimum atomic E-state index is -4.68. The fourth-order valence-electron chi connectivity index (χ4n) is 8.32. The van der Waals surface area contributed by atoms with Gasteiger partial charge in [0.25, 0.3) is 11.1 Å². The van der Waals surface area contributed by atoms with Crippen molar-refractivity contribution in [1.29, 1.82) is 0 Å². The maximum atomic E-state index is 15.3. The fraction of sp³-hybridized carbons (Fsp3) is 0.341. The van der Waals surface area contributed by atoms with Crippen LogP contribution in [0.3, 0.4) is 0 Å². The first kappa shape index (κ1) is 45.1. The van der Waals surface area contributed by atoms with E-state index in [1.165, 1.54) is 22.2 Å². The molecule has 0 unspecified atom stereocenters. The number of aromatic nitrogens is 13. The van der Waals surface area contributed by atoms with Gasteiger partial charge in [-0.1, -0.05) is 0 Å². The Morgan fingerprint density at radius 1 is 0.667 bits per heavy atom. The summed E-state index contributed by atoms with van der Waals surface area (Å²) in [5.41, 5.74) is -1.17. The molecular formula is C44H39F6N15O4. The summed E-state index contributed by atoms with van der Waals surface area (Å²) < 4.78 is 102. The van der Waals surface area contributed by atoms with Crippen molar-refractivity contribution in [2.75, 3.05) is 49.2 Å². The van der Waals surface area contributed by atoms with E-state index in [4.69, 9.17) is 24.4 Å². The highest BCUT2D eigenvalue weighted by Gasteiger charge is 2.33. The first-order valence-corrected chi connectivity index (χ1v) is 21.5. The van der Waals surface area contributed by atoms with E-state index in [9.17, 15) is 31.5 Å². The van der Waals surface area contributed by atoms with Gasteiger partial charge in [0.15, 0.2) is 22.7 Å². The Morgan fingerprint density at radius 2 is 1.28 bits per heavy atom. The van der Waals surface area contributed by atoms with Gasteiger partial charge in [-0.25, -0.2) is 43.1 Å². The highest BCUT2D eigenvalue weighted by atomic mass is 19.4. The van der Waals surface area contributed by atoms with Gasteiger partial charge >= 0.3 is 6.18 Å². The van der Waals surface area contributed by atoms with E-state index in [1.54, 1.807) is 53.7 Å². The topological polar surface area (TPSA) is 195 Å². The zero-order chi connectivity index (χ0) is 48.5. The van der Waals surface area contributed by atoms with E-state index in [-0.39, 0.29) is 95.3 Å². The van der Waals surface area contributed by atoms with E-state index >= 15 is 4.39 Å². The van der Waals surface area contributed by atoms with Crippen LogP contribution in [0.15, 0.2) is 64.8 Å². The van der Waals surface area contributed by atoms with Crippen LogP contribution >= 0.6 is 0 Å². The number of rotatable bonds is 9. The van der Waals surface area contributed by atoms with E-state index < -0.39 is 58.2 Å². The van der Waals surface area contributed by atoms with Crippen molar-refractivity contribution >= 4 is 34.0 Å². The van der Waals surface area contributed by atoms with Crippen LogP contribution in [0.5, 0.6) is 0 Å². The summed E-state index contributed by atoms with van der Waals surface area (Å²) in [4.78, 5) is 62.8. The number of morpholine rings is 2. The Hall–Kier alpha value is -7.67. The number of nitrogens with zero attached hydrogens (tertiary/aromatic N) is 15. The Morgan fingerprint density at radius 3 is 1.91 bits per heavy atom. The molecule has 0 amide bonds. The average Bonchev–Trinajstić information content (AvgIpc) is 4.01. The van der Waals surface area contributed by atoms with Gasteiger partial charge in [0.1, 0.15) is 57.8 Å². The monoisotopic (exact) mass is 955 g/mol. The van der Waals surface area contributed by atoms with E-state index in [0.717, 1.165) is 17.8 Å². The summed E-state index contributed by atoms with van der Waals surface area (Å²) in [5, 5.41) is 8.76. The molecule has 25 heteroatoms. The second-order valence-corrected chi connectivity index (χ2v) is 16.5. The Labute approximate surface area is 385 Å². The molecule has 2 fully saturated rings. The second kappa shape index (κ2) is 17.4. The Balaban J connectivity index is 0.934. The molecule has 10 rings (SSSR count). The number of aryl methyl sites for hydroxylation is 4. The normalized spacial score (nSPS) is 16.8. The van der Waals surface area contributed by atoms with Crippen LogP contribution < -0.4 is 20.9 Å². The lowest BCUT2D eigenvalue weighted by atomic mass is 10.1. The Bertz CT molecular complexity index is 3430. The number of hydrogen-bond acceptors (Lipinski definition) is 15. The average molecular weight is 956 g/mol. The molecule has 2 atom stereocenters. The molecule has 356 valence electrons. The molecule has 0 spiro atoms. The summed E-state index contributed by atoms with van der Waals surface area (Å²) in [7, 11) is 3.28. The van der Waals surface area contributed by atoms with E-state index in [1.807, 2.05) is 11.1 Å². The van der Waals surface area contributed by atoms with Crippen molar-refractivity contribution in [3.8, 4) is 22.5 Å². The predicted octanol–water partition coefficient (Wildman–Crippen LogP) is 4.79. The smallest absolute Gasteiger partial charge is 0.370 e. The van der Waals surface area contributed by atoms with Crippen LogP contribution in [0.25, 0.3) is 44.6 Å². The van der Waals surface area contributed by atoms with E-state index in [2.05, 4.69) is 30.1 Å². The minimum absolute atomic E-state index is 0.00961. The lowest BCUT2D eigenvalue weighted by molar-refractivity contribution is -0.141. The highest BCUT2D eigenvalue weighted by Crippen LogP contribution is 2.34. The van der Waals surface area contributed by atoms with Crippen LogP contribution in [0, 0.1) is 31.3 Å². The number of halogens is 6. The molecular weight excluding hydrogens is 917 g/mol. The Kier molecular flexibility index (Phi) is 11.4. The molecule has 0 aliphatic carbocycles. The number of anilines is 2. The second-order valence-electron chi connectivity index (χ2n) is 16.5. The van der Waals surface area contributed by atoms with Gasteiger partial charge < -0.3 is 19.3 Å². The number of pyridine rings is 1. The first-order chi connectivity index (χ1) is 33.0. The summed E-state index contributed by atoms with van der Waals surface area (Å²) in [5.74, 6) is -3.10. The summed E-state index contributed by atoms with van der Waals surface area (Å²) in [6.45, 7) is 4.97. The van der Waals surface area contributed by atoms with Gasteiger partial charge in [0, 0.05) is 80.6 Å². The maximum Gasteiger partial charge on any atom is 0.433 e. The zero-order valence-corrected chi connectivity index (χ0v) is 37.1. The molecule has 0 bridgehead atoms. The summed E-state index contributed by atoms with van der Waals surface area (Å²) in [6.07, 6.45) is 2.21. The molecule has 19 nitrogen and oxygen atoms in total. The lowest BCUT2D eigenvalue weighted by Gasteiger charge is -2.32. The third-order valence-corrected chi connectivity index (χ3v) is 12.1. The molecule has 0 radical (unpaired) electrons. The van der Waals surface area contributed by atoms with Crippen molar-refractivity contribution in [3.63, 3.8) is 0 Å². The number of fused-ring (bicyclic) bond motifs is 2. The van der Waals surface area contributed by atoms with Gasteiger partial charge in [-0.05, 0) is 32.0 Å². The van der Waals surface area contributed by atoms with Crippen molar-refractivity contribution in [3.05, 3.63) is 122 Å². The SMILES string of the molecule is Cc1nc2c(-c3cc(F)c(F)cc3F)nc(N3CCO[C@@H](c4cnn(CCn5c(C)nc6c(-c7ccc(C(F)(F)F)nc7)nc(N7CCO[C@H](c8cnn(C)c8)C7)nc6c5=O)c4)C3)nc2c(=O)n1C. The lowest BCUT2D eigenvalue weighted by Crippen LogP contribution is -2.39. The number of ether oxygens (including phenoxy) is 2. The minimum Gasteiger partial charge on any atom is -0.370 e. The molecule has 2 saturated heterocycles. The van der Waals surface area contributed by atoms with Crippen LogP contribution in [0.1, 0.15) is 40.7 Å². The van der Waals surface area contributed by atoms with E-state index in [0.29, 0.717) is 37.4 Å². The summed E-state index contributed by atoms with van der Waals surface area (Å²) >= 11 is 0. The third-order valence-electron chi connectivity index (χ3n) is 12.1. The van der Waals surface area contributed by atoms with Crippen LogP contribution in [-0.4, -0.2) is 103 Å². The number of alkyl halides is 3. The predicted molar refractivity (Wildman–Crippen MR) is 234 cm³/mol. The fourth-order valence-corrected chi connectivity index (χ4v) is 8.32. The van der Waals surface area contributed by atoms with Crippen LogP contribution in [-0.2, 0) is 42.8 Å². The van der Waals surface area contributed by atoms with Crippen LogP contribution in [0.2, 0.25) is 0 Å². The third kappa shape index (κ3) is 8.51. The number of hydrogen-bond donors (Lipinski definition) is 0. The molecule has 2 aliphatic rings. The van der Waals surface area contributed by atoms with Gasteiger partial charge in [0.2, 0.25) is 11.9 Å². The maximum absolute atomic E-state index is 15.3. The van der Waals surface area contributed by atoms with Crippen LogP contribution in [0.4, 0.5) is 38.2 Å². The standard InChI is InChI=1S/C44H39F6N15O4/c1-22-54-37-35(27-13-29(46)30(47)14-28(27)45)57-43(58-38(37)40(66)61(22)4)63-10-12-69-32(21-63)26-17-53-64(19-26)7-8-65-23(2)55-36-34(24-5-6-33(51-15-24)44(48,49)50)56-42(59-39(36)41(65)67)62-9-11-68-31(20-62)25-16-52-60(3)18-25/h5-6,13-19,31-32H,7-12,20-21H2,1-4H3/t31-,32+/m0/s1. The molecule has 0 N–H and O–H groups in total. The number of benzene rings is 1. The molecule has 8 aromatic rings.